The van der Waals surface area contributed by atoms with Crippen molar-refractivity contribution in [1.29, 1.82) is 0 Å². The third-order valence-electron chi connectivity index (χ3n) is 1.54. The van der Waals surface area contributed by atoms with Gasteiger partial charge in [-0.15, -0.1) is 0 Å². The van der Waals surface area contributed by atoms with Crippen molar-refractivity contribution in [3.8, 4) is 0 Å². The van der Waals surface area contributed by atoms with Gasteiger partial charge in [-0.1, -0.05) is 0 Å². The van der Waals surface area contributed by atoms with Crippen molar-refractivity contribution in [2.24, 2.45) is 0 Å². The molecule has 0 radical (unpaired) electrons. The molecule has 0 aliphatic carbocycles. The molecule has 15 heavy (non-hydrogen) atoms. The van der Waals surface area contributed by atoms with Gasteiger partial charge in [0.25, 0.3) is 6.43 Å². The molecule has 0 saturated carbocycles. The lowest BCUT2D eigenvalue weighted by atomic mass is 10.4. The van der Waals surface area contributed by atoms with Gasteiger partial charge in [-0.05, 0) is 6.07 Å². The molecular weight excluding hydrogens is 210 g/mol. The molecule has 1 aromatic rings. The second-order valence-corrected chi connectivity index (χ2v) is 2.63. The highest BCUT2D eigenvalue weighted by Gasteiger charge is 2.13. The van der Waals surface area contributed by atoms with Crippen molar-refractivity contribution in [3.63, 3.8) is 0 Å². The molecule has 6 nitrogen and oxygen atoms in total. The van der Waals surface area contributed by atoms with Gasteiger partial charge >= 0.3 is 5.69 Å². The van der Waals surface area contributed by atoms with E-state index >= 15 is 0 Å². The Balaban J connectivity index is 2.78. The highest BCUT2D eigenvalue weighted by Crippen LogP contribution is 2.20. The summed E-state index contributed by atoms with van der Waals surface area (Å²) in [5, 5.41) is 12.6. The van der Waals surface area contributed by atoms with E-state index in [1.54, 1.807) is 0 Å². The molecule has 0 atom stereocenters. The summed E-state index contributed by atoms with van der Waals surface area (Å²) < 4.78 is 23.6. The molecule has 1 rings (SSSR count). The van der Waals surface area contributed by atoms with E-state index in [1.165, 1.54) is 6.07 Å². The molecule has 0 saturated heterocycles. The molecule has 0 aromatic carbocycles. The van der Waals surface area contributed by atoms with Crippen molar-refractivity contribution in [2.75, 3.05) is 17.6 Å². The van der Waals surface area contributed by atoms with E-state index < -0.39 is 17.9 Å². The minimum Gasteiger partial charge on any atom is -0.378 e. The maximum Gasteiger partial charge on any atom is 0.311 e. The number of nitrogens with one attached hydrogen (secondary N) is 1. The number of nitrogen functional groups attached to an aromatic ring is 1. The van der Waals surface area contributed by atoms with E-state index in [2.05, 4.69) is 10.3 Å². The second-order valence-electron chi connectivity index (χ2n) is 2.63. The van der Waals surface area contributed by atoms with E-state index in [0.717, 1.165) is 6.07 Å². The van der Waals surface area contributed by atoms with Crippen molar-refractivity contribution in [2.45, 2.75) is 6.43 Å². The fourth-order valence-electron chi connectivity index (χ4n) is 0.902. The molecule has 0 spiro atoms. The van der Waals surface area contributed by atoms with Crippen LogP contribution in [0.2, 0.25) is 0 Å². The first-order valence-electron chi connectivity index (χ1n) is 3.93. The van der Waals surface area contributed by atoms with Gasteiger partial charge in [0.15, 0.2) is 0 Å². The fraction of sp³-hybridized carbons (Fsp3) is 0.286. The van der Waals surface area contributed by atoms with Crippen molar-refractivity contribution in [1.82, 2.24) is 4.98 Å². The lowest BCUT2D eigenvalue weighted by Gasteiger charge is -2.04. The van der Waals surface area contributed by atoms with Gasteiger partial charge in [-0.2, -0.15) is 0 Å². The van der Waals surface area contributed by atoms with Crippen molar-refractivity contribution in [3.05, 3.63) is 22.2 Å². The lowest BCUT2D eigenvalue weighted by Crippen LogP contribution is -2.12. The molecule has 0 aliphatic heterocycles. The predicted molar refractivity (Wildman–Crippen MR) is 49.8 cm³/mol. The zero-order chi connectivity index (χ0) is 11.4. The van der Waals surface area contributed by atoms with E-state index in [1.807, 2.05) is 0 Å². The summed E-state index contributed by atoms with van der Waals surface area (Å²) in [6, 6.07) is 2.33. The zero-order valence-electron chi connectivity index (χ0n) is 7.48. The van der Waals surface area contributed by atoms with Crippen LogP contribution in [-0.4, -0.2) is 22.9 Å². The lowest BCUT2D eigenvalue weighted by molar-refractivity contribution is -0.384. The van der Waals surface area contributed by atoms with Crippen LogP contribution >= 0.6 is 0 Å². The number of alkyl halides is 2. The normalized spacial score (nSPS) is 10.3. The molecule has 3 N–H and O–H groups in total. The van der Waals surface area contributed by atoms with Crippen molar-refractivity contribution < 1.29 is 13.7 Å². The Hall–Kier alpha value is -1.99. The van der Waals surface area contributed by atoms with E-state index in [9.17, 15) is 18.9 Å². The van der Waals surface area contributed by atoms with Gasteiger partial charge in [-0.25, -0.2) is 13.8 Å². The molecule has 0 aliphatic rings. The Labute approximate surface area is 83.3 Å². The van der Waals surface area contributed by atoms with E-state index in [4.69, 9.17) is 5.73 Å². The van der Waals surface area contributed by atoms with Crippen LogP contribution in [0.4, 0.5) is 26.1 Å². The summed E-state index contributed by atoms with van der Waals surface area (Å²) in [7, 11) is 0. The number of nitrogens with zero attached hydrogens (tertiary/aromatic N) is 2. The monoisotopic (exact) mass is 218 g/mol. The average Bonchev–Trinajstić information content (AvgIpc) is 2.14. The van der Waals surface area contributed by atoms with Gasteiger partial charge < -0.3 is 11.1 Å². The predicted octanol–water partition coefficient (Wildman–Crippen LogP) is 1.25. The third-order valence-corrected chi connectivity index (χ3v) is 1.54. The Morgan fingerprint density at radius 2 is 2.27 bits per heavy atom. The minimum atomic E-state index is -2.52. The SMILES string of the molecule is Nc1nc(NCC(F)F)ccc1[N+](=O)[O-]. The standard InChI is InChI=1S/C7H8F2N4O2/c8-5(9)3-11-6-2-1-4(13(14)15)7(10)12-6/h1-2,5H,3H2,(H3,10,11,12). The maximum atomic E-state index is 11.8. The summed E-state index contributed by atoms with van der Waals surface area (Å²) in [5.41, 5.74) is 4.90. The summed E-state index contributed by atoms with van der Waals surface area (Å²) in [5.74, 6) is -0.224. The topological polar surface area (TPSA) is 94.1 Å². The maximum absolute atomic E-state index is 11.8. The number of hydrogen-bond donors (Lipinski definition) is 2. The molecule has 82 valence electrons. The number of nitrogens with two attached hydrogens (primary N) is 1. The molecule has 1 aromatic heterocycles. The highest BCUT2D eigenvalue weighted by molar-refractivity contribution is 5.57. The van der Waals surface area contributed by atoms with Crippen LogP contribution in [0.1, 0.15) is 0 Å². The summed E-state index contributed by atoms with van der Waals surface area (Å²) in [6.07, 6.45) is -2.52. The highest BCUT2D eigenvalue weighted by atomic mass is 19.3. The Bertz CT molecular complexity index is 372. The van der Waals surface area contributed by atoms with Crippen LogP contribution in [-0.2, 0) is 0 Å². The first-order valence-corrected chi connectivity index (χ1v) is 3.93. The van der Waals surface area contributed by atoms with Gasteiger partial charge in [0, 0.05) is 6.07 Å². The van der Waals surface area contributed by atoms with Crippen LogP contribution in [0.25, 0.3) is 0 Å². The van der Waals surface area contributed by atoms with Gasteiger partial charge in [0.05, 0.1) is 11.5 Å². The Morgan fingerprint density at radius 3 is 2.73 bits per heavy atom. The van der Waals surface area contributed by atoms with Crippen LogP contribution in [0.3, 0.4) is 0 Å². The third kappa shape index (κ3) is 3.01. The molecule has 0 bridgehead atoms. The van der Waals surface area contributed by atoms with Crippen LogP contribution in [0.5, 0.6) is 0 Å². The first-order chi connectivity index (χ1) is 7.00. The van der Waals surface area contributed by atoms with Crippen LogP contribution in [0, 0.1) is 10.1 Å². The molecule has 8 heteroatoms. The molecular formula is C7H8F2N4O2. The largest absolute Gasteiger partial charge is 0.378 e. The number of aromatic nitrogens is 1. The Morgan fingerprint density at radius 1 is 1.60 bits per heavy atom. The Kier molecular flexibility index (Phi) is 3.32. The fourth-order valence-corrected chi connectivity index (χ4v) is 0.902. The second kappa shape index (κ2) is 4.49. The van der Waals surface area contributed by atoms with E-state index in [0.29, 0.717) is 0 Å². The number of hydrogen-bond acceptors (Lipinski definition) is 5. The number of anilines is 2. The first kappa shape index (κ1) is 11.1. The number of rotatable bonds is 4. The summed E-state index contributed by atoms with van der Waals surface area (Å²) in [6.45, 7) is -0.579. The van der Waals surface area contributed by atoms with Crippen LogP contribution in [0.15, 0.2) is 12.1 Å². The number of halogens is 2. The van der Waals surface area contributed by atoms with Gasteiger partial charge in [0.2, 0.25) is 5.82 Å². The minimum absolute atomic E-state index is 0.0819. The smallest absolute Gasteiger partial charge is 0.311 e. The average molecular weight is 218 g/mol. The van der Waals surface area contributed by atoms with Crippen molar-refractivity contribution >= 4 is 17.3 Å². The molecule has 0 amide bonds. The van der Waals surface area contributed by atoms with E-state index in [-0.39, 0.29) is 17.3 Å². The molecule has 1 heterocycles. The zero-order valence-corrected chi connectivity index (χ0v) is 7.48. The number of pyridine rings is 1. The molecule has 0 fully saturated rings. The number of nitro groups is 1. The quantitative estimate of drug-likeness (QED) is 0.585. The summed E-state index contributed by atoms with van der Waals surface area (Å²) in [4.78, 5) is 13.2. The van der Waals surface area contributed by atoms with Gasteiger partial charge in [-0.3, -0.25) is 10.1 Å². The molecule has 0 unspecified atom stereocenters. The summed E-state index contributed by atoms with van der Waals surface area (Å²) >= 11 is 0. The van der Waals surface area contributed by atoms with Gasteiger partial charge in [0.1, 0.15) is 5.82 Å². The van der Waals surface area contributed by atoms with Crippen LogP contribution < -0.4 is 11.1 Å².